The topological polar surface area (TPSA) is 46.9 Å². The number of rotatable bonds is 5. The van der Waals surface area contributed by atoms with E-state index in [2.05, 4.69) is 26.2 Å². The number of hydrogen-bond acceptors (Lipinski definition) is 2. The van der Waals surface area contributed by atoms with E-state index in [0.717, 1.165) is 13.0 Å². The van der Waals surface area contributed by atoms with Crippen molar-refractivity contribution in [1.29, 1.82) is 0 Å². The first kappa shape index (κ1) is 13.7. The van der Waals surface area contributed by atoms with Gasteiger partial charge in [-0.2, -0.15) is 0 Å². The summed E-state index contributed by atoms with van der Waals surface area (Å²) in [7, 11) is 0. The van der Waals surface area contributed by atoms with E-state index in [1.807, 2.05) is 10.8 Å². The number of amides is 1. The molecule has 0 saturated heterocycles. The molecule has 1 N–H and O–H groups in total. The van der Waals surface area contributed by atoms with Crippen molar-refractivity contribution in [2.45, 2.75) is 13.0 Å². The highest BCUT2D eigenvalue weighted by molar-refractivity contribution is 9.10. The molecular weight excluding hydrogens is 313 g/mol. The van der Waals surface area contributed by atoms with Crippen LogP contribution in [0.2, 0.25) is 0 Å². The molecule has 0 spiro atoms. The zero-order valence-electron chi connectivity index (χ0n) is 10.1. The van der Waals surface area contributed by atoms with Crippen LogP contribution in [0, 0.1) is 5.82 Å². The second-order valence-electron chi connectivity index (χ2n) is 4.03. The smallest absolute Gasteiger partial charge is 0.254 e. The Labute approximate surface area is 118 Å². The molecule has 2 aromatic rings. The Kier molecular flexibility index (Phi) is 4.68. The zero-order chi connectivity index (χ0) is 13.7. The second-order valence-corrected chi connectivity index (χ2v) is 4.95. The second kappa shape index (κ2) is 6.47. The van der Waals surface area contributed by atoms with Gasteiger partial charge in [0.15, 0.2) is 0 Å². The fraction of sp³-hybridized carbons (Fsp3) is 0.231. The normalized spacial score (nSPS) is 10.4. The van der Waals surface area contributed by atoms with Crippen molar-refractivity contribution in [2.75, 3.05) is 6.54 Å². The van der Waals surface area contributed by atoms with Crippen LogP contribution in [-0.2, 0) is 6.54 Å². The molecule has 1 amide bonds. The van der Waals surface area contributed by atoms with E-state index in [4.69, 9.17) is 0 Å². The third-order valence-corrected chi connectivity index (χ3v) is 3.11. The summed E-state index contributed by atoms with van der Waals surface area (Å²) < 4.78 is 16.1. The molecule has 2 rings (SSSR count). The molecular formula is C13H13BrFN3O. The van der Waals surface area contributed by atoms with Gasteiger partial charge in [0.05, 0.1) is 11.9 Å². The minimum absolute atomic E-state index is 0.0610. The van der Waals surface area contributed by atoms with Crippen LogP contribution in [0.5, 0.6) is 0 Å². The van der Waals surface area contributed by atoms with E-state index in [1.165, 1.54) is 12.1 Å². The van der Waals surface area contributed by atoms with Crippen LogP contribution in [0.3, 0.4) is 0 Å². The van der Waals surface area contributed by atoms with Crippen molar-refractivity contribution in [2.24, 2.45) is 0 Å². The van der Waals surface area contributed by atoms with Crippen molar-refractivity contribution in [3.8, 4) is 0 Å². The summed E-state index contributed by atoms with van der Waals surface area (Å²) in [5.74, 6) is -0.919. The van der Waals surface area contributed by atoms with Gasteiger partial charge >= 0.3 is 0 Å². The lowest BCUT2D eigenvalue weighted by Crippen LogP contribution is -2.26. The Hall–Kier alpha value is -1.69. The van der Waals surface area contributed by atoms with Crippen molar-refractivity contribution in [3.63, 3.8) is 0 Å². The average Bonchev–Trinajstić information content (AvgIpc) is 2.87. The van der Waals surface area contributed by atoms with Crippen LogP contribution in [0.15, 0.2) is 41.4 Å². The standard InChI is InChI=1S/C13H13BrFN3O/c14-10-2-3-11(12(15)8-10)13(19)17-4-1-6-18-7-5-16-9-18/h2-3,5,7-9H,1,4,6H2,(H,17,19). The first-order valence-corrected chi connectivity index (χ1v) is 6.65. The van der Waals surface area contributed by atoms with Gasteiger partial charge in [0.1, 0.15) is 5.82 Å². The number of imidazole rings is 1. The van der Waals surface area contributed by atoms with Gasteiger partial charge in [-0.3, -0.25) is 4.79 Å². The predicted molar refractivity (Wildman–Crippen MR) is 73.3 cm³/mol. The van der Waals surface area contributed by atoms with Crippen LogP contribution in [-0.4, -0.2) is 22.0 Å². The lowest BCUT2D eigenvalue weighted by molar-refractivity contribution is 0.0948. The van der Waals surface area contributed by atoms with Gasteiger partial charge in [-0.1, -0.05) is 15.9 Å². The zero-order valence-corrected chi connectivity index (χ0v) is 11.7. The third-order valence-electron chi connectivity index (χ3n) is 2.61. The molecule has 0 aliphatic carbocycles. The van der Waals surface area contributed by atoms with Crippen LogP contribution in [0.1, 0.15) is 16.8 Å². The molecule has 0 bridgehead atoms. The minimum Gasteiger partial charge on any atom is -0.352 e. The summed E-state index contributed by atoms with van der Waals surface area (Å²) in [5.41, 5.74) is 0.0610. The van der Waals surface area contributed by atoms with Gasteiger partial charge in [0.25, 0.3) is 5.91 Å². The molecule has 0 saturated carbocycles. The van der Waals surface area contributed by atoms with E-state index in [-0.39, 0.29) is 5.56 Å². The highest BCUT2D eigenvalue weighted by Crippen LogP contribution is 2.15. The molecule has 1 heterocycles. The first-order chi connectivity index (χ1) is 9.16. The highest BCUT2D eigenvalue weighted by Gasteiger charge is 2.10. The maximum absolute atomic E-state index is 13.5. The Balaban J connectivity index is 1.81. The molecule has 0 unspecified atom stereocenters. The minimum atomic E-state index is -0.526. The van der Waals surface area contributed by atoms with Crippen LogP contribution >= 0.6 is 15.9 Å². The molecule has 6 heteroatoms. The number of benzene rings is 1. The lowest BCUT2D eigenvalue weighted by atomic mass is 10.2. The number of aryl methyl sites for hydroxylation is 1. The SMILES string of the molecule is O=C(NCCCn1ccnc1)c1ccc(Br)cc1F. The van der Waals surface area contributed by atoms with Crippen molar-refractivity contribution < 1.29 is 9.18 Å². The first-order valence-electron chi connectivity index (χ1n) is 5.86. The molecule has 0 aliphatic rings. The van der Waals surface area contributed by atoms with Crippen molar-refractivity contribution in [3.05, 3.63) is 52.8 Å². The third kappa shape index (κ3) is 3.89. The molecule has 1 aromatic carbocycles. The van der Waals surface area contributed by atoms with Crippen molar-refractivity contribution in [1.82, 2.24) is 14.9 Å². The fourth-order valence-corrected chi connectivity index (χ4v) is 1.98. The number of nitrogens with one attached hydrogen (secondary N) is 1. The Morgan fingerprint density at radius 3 is 3.00 bits per heavy atom. The van der Waals surface area contributed by atoms with E-state index in [0.29, 0.717) is 11.0 Å². The van der Waals surface area contributed by atoms with E-state index in [9.17, 15) is 9.18 Å². The van der Waals surface area contributed by atoms with Gasteiger partial charge in [-0.05, 0) is 24.6 Å². The van der Waals surface area contributed by atoms with E-state index < -0.39 is 11.7 Å². The van der Waals surface area contributed by atoms with Crippen LogP contribution in [0.4, 0.5) is 4.39 Å². The quantitative estimate of drug-likeness (QED) is 0.859. The Morgan fingerprint density at radius 1 is 1.47 bits per heavy atom. The number of aromatic nitrogens is 2. The Morgan fingerprint density at radius 2 is 2.32 bits per heavy atom. The number of carbonyl (C=O) groups is 1. The predicted octanol–water partition coefficient (Wildman–Crippen LogP) is 2.60. The summed E-state index contributed by atoms with van der Waals surface area (Å²) in [6.45, 7) is 1.26. The van der Waals surface area contributed by atoms with Crippen LogP contribution in [0.25, 0.3) is 0 Å². The van der Waals surface area contributed by atoms with E-state index >= 15 is 0 Å². The molecule has 0 aliphatic heterocycles. The summed E-state index contributed by atoms with van der Waals surface area (Å²) in [5, 5.41) is 2.69. The van der Waals surface area contributed by atoms with Gasteiger partial charge < -0.3 is 9.88 Å². The summed E-state index contributed by atoms with van der Waals surface area (Å²) in [4.78, 5) is 15.7. The van der Waals surface area contributed by atoms with Gasteiger partial charge in [0.2, 0.25) is 0 Å². The van der Waals surface area contributed by atoms with E-state index in [1.54, 1.807) is 18.6 Å². The van der Waals surface area contributed by atoms with Gasteiger partial charge in [-0.25, -0.2) is 9.37 Å². The van der Waals surface area contributed by atoms with Crippen molar-refractivity contribution >= 4 is 21.8 Å². The molecule has 0 radical (unpaired) electrons. The summed E-state index contributed by atoms with van der Waals surface area (Å²) in [6.07, 6.45) is 6.04. The monoisotopic (exact) mass is 325 g/mol. The maximum atomic E-state index is 13.5. The lowest BCUT2D eigenvalue weighted by Gasteiger charge is -2.06. The average molecular weight is 326 g/mol. The largest absolute Gasteiger partial charge is 0.352 e. The summed E-state index contributed by atoms with van der Waals surface area (Å²) >= 11 is 3.15. The van der Waals surface area contributed by atoms with Gasteiger partial charge in [0, 0.05) is 30.0 Å². The molecule has 1 aromatic heterocycles. The fourth-order valence-electron chi connectivity index (χ4n) is 1.65. The Bertz CT molecular complexity index is 557. The van der Waals surface area contributed by atoms with Gasteiger partial charge in [-0.15, -0.1) is 0 Å². The number of hydrogen-bond donors (Lipinski definition) is 1. The summed E-state index contributed by atoms with van der Waals surface area (Å²) in [6, 6.07) is 4.38. The maximum Gasteiger partial charge on any atom is 0.254 e. The van der Waals surface area contributed by atoms with Crippen LogP contribution < -0.4 is 5.32 Å². The molecule has 19 heavy (non-hydrogen) atoms. The molecule has 100 valence electrons. The molecule has 4 nitrogen and oxygen atoms in total. The molecule has 0 fully saturated rings. The molecule has 0 atom stereocenters. The number of nitrogens with zero attached hydrogens (tertiary/aromatic N) is 2. The number of carbonyl (C=O) groups excluding carboxylic acids is 1. The number of halogens is 2. The highest BCUT2D eigenvalue weighted by atomic mass is 79.9.